The Bertz CT molecular complexity index is 254. The average Bonchev–Trinajstić information content (AvgIpc) is 2.43. The number of rotatable bonds is 14. The minimum absolute atomic E-state index is 0.0123. The third-order valence-corrected chi connectivity index (χ3v) is 3.30. The van der Waals surface area contributed by atoms with Gasteiger partial charge in [-0.1, -0.05) is 58.3 Å². The summed E-state index contributed by atoms with van der Waals surface area (Å²) in [5.41, 5.74) is 5.21. The molecule has 118 valence electrons. The van der Waals surface area contributed by atoms with Crippen molar-refractivity contribution in [1.29, 1.82) is 0 Å². The van der Waals surface area contributed by atoms with E-state index in [-0.39, 0.29) is 31.3 Å². The largest absolute Gasteiger partial charge is 0.458 e. The van der Waals surface area contributed by atoms with E-state index in [1.54, 1.807) is 0 Å². The molecule has 0 aliphatic carbocycles. The van der Waals surface area contributed by atoms with Gasteiger partial charge in [0.2, 0.25) is 0 Å². The Morgan fingerprint density at radius 3 is 1.95 bits per heavy atom. The summed E-state index contributed by atoms with van der Waals surface area (Å²) in [6.45, 7) is 2.41. The van der Waals surface area contributed by atoms with Gasteiger partial charge in [-0.25, -0.2) is 0 Å². The standard InChI is InChI=1S/C16H31NO3/c1-2-3-4-5-6-7-8-9-10-11-15(18)14-20-16(19)12-13-17/h2-14,17H2,1H3. The van der Waals surface area contributed by atoms with Crippen LogP contribution in [0.3, 0.4) is 0 Å². The number of hydrogen-bond acceptors (Lipinski definition) is 4. The molecule has 0 saturated carbocycles. The molecule has 0 fully saturated rings. The zero-order chi connectivity index (χ0) is 15.1. The second-order valence-electron chi connectivity index (χ2n) is 5.32. The van der Waals surface area contributed by atoms with Crippen molar-refractivity contribution in [2.45, 2.75) is 77.6 Å². The second-order valence-corrected chi connectivity index (χ2v) is 5.32. The van der Waals surface area contributed by atoms with Crippen LogP contribution in [0.4, 0.5) is 0 Å². The van der Waals surface area contributed by atoms with Crippen LogP contribution in [0, 0.1) is 0 Å². The number of esters is 1. The molecule has 0 amide bonds. The molecular formula is C16H31NO3. The van der Waals surface area contributed by atoms with Crippen molar-refractivity contribution >= 4 is 11.8 Å². The third kappa shape index (κ3) is 13.5. The van der Waals surface area contributed by atoms with Crippen molar-refractivity contribution in [2.24, 2.45) is 5.73 Å². The Kier molecular flexibility index (Phi) is 13.9. The van der Waals surface area contributed by atoms with Crippen molar-refractivity contribution < 1.29 is 14.3 Å². The zero-order valence-electron chi connectivity index (χ0n) is 13.0. The van der Waals surface area contributed by atoms with Crippen LogP contribution in [-0.4, -0.2) is 24.9 Å². The summed E-state index contributed by atoms with van der Waals surface area (Å²) < 4.78 is 4.81. The first-order valence-corrected chi connectivity index (χ1v) is 8.08. The zero-order valence-corrected chi connectivity index (χ0v) is 13.0. The average molecular weight is 285 g/mol. The van der Waals surface area contributed by atoms with Crippen molar-refractivity contribution in [1.82, 2.24) is 0 Å². The molecule has 20 heavy (non-hydrogen) atoms. The molecule has 0 aromatic rings. The van der Waals surface area contributed by atoms with Gasteiger partial charge in [-0.3, -0.25) is 9.59 Å². The van der Waals surface area contributed by atoms with Crippen molar-refractivity contribution in [3.05, 3.63) is 0 Å². The van der Waals surface area contributed by atoms with E-state index in [9.17, 15) is 9.59 Å². The van der Waals surface area contributed by atoms with Crippen LogP contribution in [0.5, 0.6) is 0 Å². The lowest BCUT2D eigenvalue weighted by molar-refractivity contribution is -0.147. The number of hydrogen-bond donors (Lipinski definition) is 1. The molecule has 0 radical (unpaired) electrons. The Morgan fingerprint density at radius 1 is 0.850 bits per heavy atom. The van der Waals surface area contributed by atoms with Gasteiger partial charge >= 0.3 is 5.97 Å². The quantitative estimate of drug-likeness (QED) is 0.392. The molecule has 4 nitrogen and oxygen atoms in total. The number of unbranched alkanes of at least 4 members (excludes halogenated alkanes) is 8. The summed E-state index contributed by atoms with van der Waals surface area (Å²) >= 11 is 0. The number of carbonyl (C=O) groups excluding carboxylic acids is 2. The molecular weight excluding hydrogens is 254 g/mol. The van der Waals surface area contributed by atoms with Gasteiger partial charge in [0.05, 0.1) is 6.42 Å². The van der Waals surface area contributed by atoms with Crippen molar-refractivity contribution in [3.8, 4) is 0 Å². The first-order valence-electron chi connectivity index (χ1n) is 8.08. The number of Topliss-reactive ketones (excluding diaryl/α,β-unsaturated/α-hetero) is 1. The van der Waals surface area contributed by atoms with Crippen molar-refractivity contribution in [2.75, 3.05) is 13.2 Å². The van der Waals surface area contributed by atoms with E-state index in [1.165, 1.54) is 44.9 Å². The second kappa shape index (κ2) is 14.5. The molecule has 0 aliphatic rings. The summed E-state index contributed by atoms with van der Waals surface area (Å²) in [5.74, 6) is -0.369. The normalized spacial score (nSPS) is 10.5. The van der Waals surface area contributed by atoms with E-state index in [0.29, 0.717) is 6.42 Å². The van der Waals surface area contributed by atoms with E-state index in [4.69, 9.17) is 10.5 Å². The SMILES string of the molecule is CCCCCCCCCCCC(=O)COC(=O)CCN. The van der Waals surface area contributed by atoms with Crippen LogP contribution in [-0.2, 0) is 14.3 Å². The third-order valence-electron chi connectivity index (χ3n) is 3.30. The lowest BCUT2D eigenvalue weighted by Crippen LogP contribution is -2.16. The van der Waals surface area contributed by atoms with E-state index >= 15 is 0 Å². The van der Waals surface area contributed by atoms with Crippen LogP contribution in [0.2, 0.25) is 0 Å². The summed E-state index contributed by atoms with van der Waals surface area (Å²) in [5, 5.41) is 0. The summed E-state index contributed by atoms with van der Waals surface area (Å²) in [6.07, 6.45) is 11.8. The smallest absolute Gasteiger partial charge is 0.307 e. The molecule has 0 rings (SSSR count). The maximum absolute atomic E-state index is 11.5. The summed E-state index contributed by atoms with van der Waals surface area (Å²) in [6, 6.07) is 0. The van der Waals surface area contributed by atoms with Gasteiger partial charge in [0.15, 0.2) is 5.78 Å². The Balaban J connectivity index is 3.25. The Labute approximate surface area is 123 Å². The molecule has 0 atom stereocenters. The highest BCUT2D eigenvalue weighted by Crippen LogP contribution is 2.10. The van der Waals surface area contributed by atoms with Gasteiger partial charge in [-0.15, -0.1) is 0 Å². The van der Waals surface area contributed by atoms with Crippen LogP contribution >= 0.6 is 0 Å². The van der Waals surface area contributed by atoms with Gasteiger partial charge in [0.1, 0.15) is 6.61 Å². The molecule has 0 spiro atoms. The van der Waals surface area contributed by atoms with Crippen LogP contribution in [0.1, 0.15) is 77.6 Å². The Hall–Kier alpha value is -0.900. The van der Waals surface area contributed by atoms with E-state index < -0.39 is 0 Å². The molecule has 0 aromatic carbocycles. The molecule has 0 bridgehead atoms. The van der Waals surface area contributed by atoms with E-state index in [2.05, 4.69) is 6.92 Å². The molecule has 2 N–H and O–H groups in total. The molecule has 4 heteroatoms. The predicted molar refractivity (Wildman–Crippen MR) is 81.5 cm³/mol. The lowest BCUT2D eigenvalue weighted by Gasteiger charge is -2.04. The van der Waals surface area contributed by atoms with Gasteiger partial charge in [0.25, 0.3) is 0 Å². The van der Waals surface area contributed by atoms with E-state index in [1.807, 2.05) is 0 Å². The highest BCUT2D eigenvalue weighted by Gasteiger charge is 2.06. The first kappa shape index (κ1) is 19.1. The lowest BCUT2D eigenvalue weighted by atomic mass is 10.1. The van der Waals surface area contributed by atoms with Gasteiger partial charge in [-0.05, 0) is 6.42 Å². The van der Waals surface area contributed by atoms with Crippen LogP contribution in [0.15, 0.2) is 0 Å². The summed E-state index contributed by atoms with van der Waals surface area (Å²) in [7, 11) is 0. The predicted octanol–water partition coefficient (Wildman–Crippen LogP) is 3.37. The molecule has 0 aliphatic heterocycles. The fourth-order valence-corrected chi connectivity index (χ4v) is 2.06. The fourth-order valence-electron chi connectivity index (χ4n) is 2.06. The van der Waals surface area contributed by atoms with E-state index in [0.717, 1.165) is 12.8 Å². The summed E-state index contributed by atoms with van der Waals surface area (Å²) in [4.78, 5) is 22.5. The van der Waals surface area contributed by atoms with Gasteiger partial charge in [-0.2, -0.15) is 0 Å². The number of ether oxygens (including phenoxy) is 1. The minimum Gasteiger partial charge on any atom is -0.458 e. The first-order chi connectivity index (χ1) is 9.70. The molecule has 0 unspecified atom stereocenters. The molecule has 0 aromatic heterocycles. The molecule has 0 saturated heterocycles. The maximum Gasteiger partial charge on any atom is 0.307 e. The van der Waals surface area contributed by atoms with Gasteiger partial charge < -0.3 is 10.5 Å². The number of nitrogens with two attached hydrogens (primary N) is 1. The maximum atomic E-state index is 11.5. The highest BCUT2D eigenvalue weighted by atomic mass is 16.5. The van der Waals surface area contributed by atoms with Crippen molar-refractivity contribution in [3.63, 3.8) is 0 Å². The fraction of sp³-hybridized carbons (Fsp3) is 0.875. The minimum atomic E-state index is -0.382. The van der Waals surface area contributed by atoms with Crippen LogP contribution < -0.4 is 5.73 Å². The van der Waals surface area contributed by atoms with Crippen LogP contribution in [0.25, 0.3) is 0 Å². The highest BCUT2D eigenvalue weighted by molar-refractivity contribution is 5.82. The monoisotopic (exact) mass is 285 g/mol. The number of carbonyl (C=O) groups is 2. The Morgan fingerprint density at radius 2 is 1.40 bits per heavy atom. The molecule has 0 heterocycles. The van der Waals surface area contributed by atoms with Gasteiger partial charge in [0, 0.05) is 13.0 Å². The number of ketones is 1. The topological polar surface area (TPSA) is 69.4 Å².